The van der Waals surface area contributed by atoms with Crippen LogP contribution in [0.4, 0.5) is 0 Å². The van der Waals surface area contributed by atoms with Gasteiger partial charge in [0.25, 0.3) is 0 Å². The highest BCUT2D eigenvalue weighted by Gasteiger charge is 2.31. The van der Waals surface area contributed by atoms with E-state index in [0.717, 1.165) is 35.3 Å². The predicted octanol–water partition coefficient (Wildman–Crippen LogP) is 4.25. The zero-order valence-corrected chi connectivity index (χ0v) is 20.7. The number of hydrogen-bond donors (Lipinski definition) is 1. The molecule has 1 fully saturated rings. The molecule has 0 saturated carbocycles. The highest BCUT2D eigenvalue weighted by Crippen LogP contribution is 2.26. The fourth-order valence-corrected chi connectivity index (χ4v) is 5.99. The normalized spacial score (nSPS) is 16.3. The van der Waals surface area contributed by atoms with E-state index in [-0.39, 0.29) is 23.6 Å². The van der Waals surface area contributed by atoms with E-state index in [0.29, 0.717) is 32.4 Å². The molecule has 3 rings (SSSR count). The molecule has 0 spiro atoms. The van der Waals surface area contributed by atoms with Crippen molar-refractivity contribution < 1.29 is 17.9 Å². The first-order valence-electron chi connectivity index (χ1n) is 11.8. The zero-order valence-electron chi connectivity index (χ0n) is 19.9. The van der Waals surface area contributed by atoms with E-state index in [1.165, 1.54) is 0 Å². The quantitative estimate of drug-likeness (QED) is 0.561. The highest BCUT2D eigenvalue weighted by atomic mass is 32.2. The third-order valence-corrected chi connectivity index (χ3v) is 8.43. The van der Waals surface area contributed by atoms with E-state index in [1.807, 2.05) is 49.4 Å². The van der Waals surface area contributed by atoms with Crippen LogP contribution in [0, 0.1) is 12.8 Å². The number of amides is 1. The maximum absolute atomic E-state index is 12.9. The number of sulfonamides is 1. The first-order valence-corrected chi connectivity index (χ1v) is 13.4. The summed E-state index contributed by atoms with van der Waals surface area (Å²) in [6.07, 6.45) is 3.25. The number of benzene rings is 2. The molecule has 1 atom stereocenters. The SMILES string of the molecule is CCC(NC(=O)C1CCN(S(=O)(=O)CCCc2ccccc2)CC1)c1ccc(OC)c(C)c1. The van der Waals surface area contributed by atoms with Gasteiger partial charge < -0.3 is 10.1 Å². The number of nitrogens with zero attached hydrogens (tertiary/aromatic N) is 1. The molecule has 1 heterocycles. The van der Waals surface area contributed by atoms with Gasteiger partial charge in [-0.2, -0.15) is 0 Å². The molecular weight excluding hydrogens is 436 g/mol. The van der Waals surface area contributed by atoms with E-state index >= 15 is 0 Å². The summed E-state index contributed by atoms with van der Waals surface area (Å²) >= 11 is 0. The Morgan fingerprint density at radius 1 is 1.15 bits per heavy atom. The molecule has 0 bridgehead atoms. The molecule has 1 amide bonds. The van der Waals surface area contributed by atoms with Crippen LogP contribution in [-0.2, 0) is 21.2 Å². The van der Waals surface area contributed by atoms with Gasteiger partial charge in [0.1, 0.15) is 5.75 Å². The Hall–Kier alpha value is -2.38. The second-order valence-electron chi connectivity index (χ2n) is 8.78. The summed E-state index contributed by atoms with van der Waals surface area (Å²) in [5.41, 5.74) is 3.25. The van der Waals surface area contributed by atoms with Crippen molar-refractivity contribution in [2.24, 2.45) is 5.92 Å². The molecule has 7 heteroatoms. The minimum absolute atomic E-state index is 0.0106. The first-order chi connectivity index (χ1) is 15.8. The summed E-state index contributed by atoms with van der Waals surface area (Å²) in [5.74, 6) is 0.830. The lowest BCUT2D eigenvalue weighted by molar-refractivity contribution is -0.126. The van der Waals surface area contributed by atoms with E-state index in [1.54, 1.807) is 11.4 Å². The van der Waals surface area contributed by atoms with Crippen LogP contribution in [0.2, 0.25) is 0 Å². The van der Waals surface area contributed by atoms with Gasteiger partial charge in [0.15, 0.2) is 0 Å². The number of aryl methyl sites for hydroxylation is 2. The molecule has 1 N–H and O–H groups in total. The number of methoxy groups -OCH3 is 1. The van der Waals surface area contributed by atoms with Gasteiger partial charge in [-0.1, -0.05) is 49.4 Å². The number of ether oxygens (including phenoxy) is 1. The topological polar surface area (TPSA) is 75.7 Å². The summed E-state index contributed by atoms with van der Waals surface area (Å²) in [7, 11) is -1.65. The molecule has 2 aromatic carbocycles. The van der Waals surface area contributed by atoms with E-state index in [9.17, 15) is 13.2 Å². The lowest BCUT2D eigenvalue weighted by atomic mass is 9.95. The highest BCUT2D eigenvalue weighted by molar-refractivity contribution is 7.89. The lowest BCUT2D eigenvalue weighted by Crippen LogP contribution is -2.44. The monoisotopic (exact) mass is 472 g/mol. The van der Waals surface area contributed by atoms with Crippen molar-refractivity contribution in [3.63, 3.8) is 0 Å². The van der Waals surface area contributed by atoms with Crippen molar-refractivity contribution in [2.45, 2.75) is 52.0 Å². The largest absolute Gasteiger partial charge is 0.496 e. The number of carbonyl (C=O) groups excluding carboxylic acids is 1. The van der Waals surface area contributed by atoms with Crippen LogP contribution in [0.5, 0.6) is 5.75 Å². The summed E-state index contributed by atoms with van der Waals surface area (Å²) in [5, 5.41) is 3.18. The van der Waals surface area contributed by atoms with Crippen LogP contribution in [0.25, 0.3) is 0 Å². The number of carbonyl (C=O) groups is 1. The molecule has 0 aliphatic carbocycles. The lowest BCUT2D eigenvalue weighted by Gasteiger charge is -2.31. The number of rotatable bonds is 10. The Bertz CT molecular complexity index is 1020. The minimum Gasteiger partial charge on any atom is -0.496 e. The van der Waals surface area contributed by atoms with Crippen molar-refractivity contribution in [3.8, 4) is 5.75 Å². The molecule has 1 unspecified atom stereocenters. The van der Waals surface area contributed by atoms with Gasteiger partial charge in [-0.05, 0) is 61.8 Å². The Morgan fingerprint density at radius 3 is 2.45 bits per heavy atom. The molecule has 0 aromatic heterocycles. The van der Waals surface area contributed by atoms with Gasteiger partial charge in [-0.3, -0.25) is 4.79 Å². The van der Waals surface area contributed by atoms with Gasteiger partial charge >= 0.3 is 0 Å². The average molecular weight is 473 g/mol. The van der Waals surface area contributed by atoms with Crippen LogP contribution in [-0.4, -0.2) is 44.6 Å². The van der Waals surface area contributed by atoms with Crippen molar-refractivity contribution in [1.82, 2.24) is 9.62 Å². The third kappa shape index (κ3) is 6.81. The molecule has 180 valence electrons. The van der Waals surface area contributed by atoms with Gasteiger partial charge in [-0.25, -0.2) is 12.7 Å². The zero-order chi connectivity index (χ0) is 23.8. The molecule has 1 aliphatic rings. The fraction of sp³-hybridized carbons (Fsp3) is 0.500. The van der Waals surface area contributed by atoms with Crippen molar-refractivity contribution in [1.29, 1.82) is 0 Å². The van der Waals surface area contributed by atoms with E-state index in [4.69, 9.17) is 4.74 Å². The van der Waals surface area contributed by atoms with E-state index < -0.39 is 10.0 Å². The summed E-state index contributed by atoms with van der Waals surface area (Å²) < 4.78 is 32.4. The first kappa shape index (κ1) is 25.2. The molecule has 0 radical (unpaired) electrons. The summed E-state index contributed by atoms with van der Waals surface area (Å²) in [6, 6.07) is 15.9. The molecule has 2 aromatic rings. The number of hydrogen-bond acceptors (Lipinski definition) is 4. The van der Waals surface area contributed by atoms with Crippen LogP contribution >= 0.6 is 0 Å². The average Bonchev–Trinajstić information content (AvgIpc) is 2.83. The van der Waals surface area contributed by atoms with Gasteiger partial charge in [-0.15, -0.1) is 0 Å². The summed E-state index contributed by atoms with van der Waals surface area (Å²) in [6.45, 7) is 4.86. The van der Waals surface area contributed by atoms with Crippen molar-refractivity contribution >= 4 is 15.9 Å². The summed E-state index contributed by atoms with van der Waals surface area (Å²) in [4.78, 5) is 12.9. The fourth-order valence-electron chi connectivity index (χ4n) is 4.46. The minimum atomic E-state index is -3.29. The molecule has 1 aliphatic heterocycles. The maximum atomic E-state index is 12.9. The standard InChI is InChI=1S/C26H36N2O4S/c1-4-24(23-12-13-25(32-3)20(2)19-23)27-26(29)22-14-16-28(17-15-22)33(30,31)18-8-11-21-9-6-5-7-10-21/h5-7,9-10,12-13,19,22,24H,4,8,11,14-18H2,1-3H3,(H,27,29). The third-order valence-electron chi connectivity index (χ3n) is 6.47. The second-order valence-corrected chi connectivity index (χ2v) is 10.9. The Labute approximate surface area is 198 Å². The number of nitrogens with one attached hydrogen (secondary N) is 1. The Morgan fingerprint density at radius 2 is 1.85 bits per heavy atom. The molecular formula is C26H36N2O4S. The Kier molecular flexibility index (Phi) is 8.92. The van der Waals surface area contributed by atoms with Crippen LogP contribution < -0.4 is 10.1 Å². The van der Waals surface area contributed by atoms with Gasteiger partial charge in [0.05, 0.1) is 18.9 Å². The van der Waals surface area contributed by atoms with Crippen LogP contribution in [0.15, 0.2) is 48.5 Å². The Balaban J connectivity index is 1.49. The number of piperidine rings is 1. The van der Waals surface area contributed by atoms with Crippen molar-refractivity contribution in [3.05, 3.63) is 65.2 Å². The molecule has 6 nitrogen and oxygen atoms in total. The predicted molar refractivity (Wildman–Crippen MR) is 132 cm³/mol. The second kappa shape index (κ2) is 11.7. The molecule has 33 heavy (non-hydrogen) atoms. The van der Waals surface area contributed by atoms with Crippen molar-refractivity contribution in [2.75, 3.05) is 26.0 Å². The van der Waals surface area contributed by atoms with Crippen LogP contribution in [0.1, 0.15) is 55.3 Å². The van der Waals surface area contributed by atoms with E-state index in [2.05, 4.69) is 18.3 Å². The van der Waals surface area contributed by atoms with Gasteiger partial charge in [0, 0.05) is 19.0 Å². The smallest absolute Gasteiger partial charge is 0.223 e. The molecule has 1 saturated heterocycles. The van der Waals surface area contributed by atoms with Crippen LogP contribution in [0.3, 0.4) is 0 Å². The van der Waals surface area contributed by atoms with Gasteiger partial charge in [0.2, 0.25) is 15.9 Å². The maximum Gasteiger partial charge on any atom is 0.223 e.